The molecule has 0 aliphatic carbocycles. The van der Waals surface area contributed by atoms with Gasteiger partial charge in [0.05, 0.1) is 13.2 Å². The lowest BCUT2D eigenvalue weighted by molar-refractivity contribution is 0.415. The fourth-order valence-corrected chi connectivity index (χ4v) is 3.02. The van der Waals surface area contributed by atoms with Gasteiger partial charge in [-0.25, -0.2) is 0 Å². The lowest BCUT2D eigenvalue weighted by Crippen LogP contribution is -2.29. The van der Waals surface area contributed by atoms with Gasteiger partial charge in [-0.05, 0) is 37.5 Å². The predicted octanol–water partition coefficient (Wildman–Crippen LogP) is 3.12. The monoisotopic (exact) mass is 276 g/mol. The van der Waals surface area contributed by atoms with Crippen LogP contribution in [-0.2, 0) is 6.42 Å². The van der Waals surface area contributed by atoms with E-state index in [4.69, 9.17) is 10.6 Å². The van der Waals surface area contributed by atoms with Crippen LogP contribution in [0.1, 0.15) is 27.6 Å². The number of hydrogen-bond acceptors (Lipinski definition) is 4. The van der Waals surface area contributed by atoms with Gasteiger partial charge < -0.3 is 4.74 Å². The van der Waals surface area contributed by atoms with Crippen LogP contribution in [0.3, 0.4) is 0 Å². The van der Waals surface area contributed by atoms with E-state index in [-0.39, 0.29) is 6.04 Å². The Bertz CT molecular complexity index is 551. The van der Waals surface area contributed by atoms with Gasteiger partial charge in [0.25, 0.3) is 0 Å². The van der Waals surface area contributed by atoms with Crippen LogP contribution in [0.15, 0.2) is 29.6 Å². The van der Waals surface area contributed by atoms with Crippen LogP contribution in [0.4, 0.5) is 0 Å². The van der Waals surface area contributed by atoms with E-state index in [1.54, 1.807) is 18.4 Å². The Balaban J connectivity index is 2.21. The van der Waals surface area contributed by atoms with E-state index >= 15 is 0 Å². The molecule has 4 heteroatoms. The summed E-state index contributed by atoms with van der Waals surface area (Å²) < 4.78 is 5.22. The van der Waals surface area contributed by atoms with Crippen molar-refractivity contribution in [3.8, 4) is 5.75 Å². The highest BCUT2D eigenvalue weighted by Crippen LogP contribution is 2.29. The normalized spacial score (nSPS) is 12.4. The molecular weight excluding hydrogens is 256 g/mol. The Morgan fingerprint density at radius 1 is 1.32 bits per heavy atom. The van der Waals surface area contributed by atoms with Gasteiger partial charge >= 0.3 is 0 Å². The standard InChI is InChI=1S/C15H20N2OS/c1-10-4-5-11(2)12(6-10)7-14(17-16)15-8-13(18-3)9-19-15/h4-6,8-9,14,17H,7,16H2,1-3H3. The molecule has 3 N–H and O–H groups in total. The molecule has 1 unspecified atom stereocenters. The molecule has 1 aromatic carbocycles. The van der Waals surface area contributed by atoms with Gasteiger partial charge in [0, 0.05) is 10.3 Å². The highest BCUT2D eigenvalue weighted by Gasteiger charge is 2.14. The Labute approximate surface area is 118 Å². The van der Waals surface area contributed by atoms with Crippen LogP contribution in [-0.4, -0.2) is 7.11 Å². The minimum Gasteiger partial charge on any atom is -0.496 e. The van der Waals surface area contributed by atoms with Gasteiger partial charge in [-0.3, -0.25) is 11.3 Å². The van der Waals surface area contributed by atoms with E-state index < -0.39 is 0 Å². The first-order valence-corrected chi connectivity index (χ1v) is 7.16. The van der Waals surface area contributed by atoms with Crippen LogP contribution < -0.4 is 16.0 Å². The molecule has 1 heterocycles. The highest BCUT2D eigenvalue weighted by atomic mass is 32.1. The van der Waals surface area contributed by atoms with Crippen molar-refractivity contribution in [1.82, 2.24) is 5.43 Å². The number of hydrogen-bond donors (Lipinski definition) is 2. The average Bonchev–Trinajstić information content (AvgIpc) is 2.88. The SMILES string of the molecule is COc1csc(C(Cc2cc(C)ccc2C)NN)c1. The molecule has 0 spiro atoms. The van der Waals surface area contributed by atoms with E-state index in [2.05, 4.69) is 37.5 Å². The fraction of sp³-hybridized carbons (Fsp3) is 0.333. The third-order valence-corrected chi connectivity index (χ3v) is 4.33. The molecule has 0 fully saturated rings. The van der Waals surface area contributed by atoms with Gasteiger partial charge in [0.2, 0.25) is 0 Å². The summed E-state index contributed by atoms with van der Waals surface area (Å²) in [6, 6.07) is 8.69. The molecule has 0 saturated carbocycles. The maximum atomic E-state index is 5.71. The summed E-state index contributed by atoms with van der Waals surface area (Å²) in [5.74, 6) is 6.60. The number of aryl methyl sites for hydroxylation is 2. The maximum Gasteiger partial charge on any atom is 0.129 e. The molecular formula is C15H20N2OS. The van der Waals surface area contributed by atoms with Gasteiger partial charge in [0.1, 0.15) is 5.75 Å². The number of thiophene rings is 1. The molecule has 1 aromatic heterocycles. The number of nitrogens with two attached hydrogens (primary N) is 1. The predicted molar refractivity (Wildman–Crippen MR) is 80.6 cm³/mol. The van der Waals surface area contributed by atoms with Crippen molar-refractivity contribution >= 4 is 11.3 Å². The van der Waals surface area contributed by atoms with Gasteiger partial charge in [-0.2, -0.15) is 0 Å². The average molecular weight is 276 g/mol. The molecule has 0 saturated heterocycles. The number of rotatable bonds is 5. The highest BCUT2D eigenvalue weighted by molar-refractivity contribution is 7.10. The van der Waals surface area contributed by atoms with Gasteiger partial charge in [-0.1, -0.05) is 23.8 Å². The summed E-state index contributed by atoms with van der Waals surface area (Å²) in [6.07, 6.45) is 0.883. The molecule has 2 rings (SSSR count). The summed E-state index contributed by atoms with van der Waals surface area (Å²) in [7, 11) is 1.68. The second-order valence-electron chi connectivity index (χ2n) is 4.74. The molecule has 0 radical (unpaired) electrons. The Hall–Kier alpha value is -1.36. The van der Waals surface area contributed by atoms with Crippen LogP contribution in [0.25, 0.3) is 0 Å². The van der Waals surface area contributed by atoms with Crippen molar-refractivity contribution in [2.75, 3.05) is 7.11 Å². The smallest absolute Gasteiger partial charge is 0.129 e. The van der Waals surface area contributed by atoms with Gasteiger partial charge in [-0.15, -0.1) is 11.3 Å². The van der Waals surface area contributed by atoms with Crippen LogP contribution >= 0.6 is 11.3 Å². The van der Waals surface area contributed by atoms with Gasteiger partial charge in [0.15, 0.2) is 0 Å². The fourth-order valence-electron chi connectivity index (χ4n) is 2.11. The van der Waals surface area contributed by atoms with Crippen molar-refractivity contribution in [2.24, 2.45) is 5.84 Å². The van der Waals surface area contributed by atoms with Crippen LogP contribution in [0.5, 0.6) is 5.75 Å². The zero-order chi connectivity index (χ0) is 13.8. The minimum absolute atomic E-state index is 0.120. The topological polar surface area (TPSA) is 47.3 Å². The van der Waals surface area contributed by atoms with Crippen molar-refractivity contribution in [1.29, 1.82) is 0 Å². The lowest BCUT2D eigenvalue weighted by Gasteiger charge is -2.16. The molecule has 0 amide bonds. The zero-order valence-corrected chi connectivity index (χ0v) is 12.4. The van der Waals surface area contributed by atoms with E-state index in [9.17, 15) is 0 Å². The summed E-state index contributed by atoms with van der Waals surface area (Å²) in [5, 5.41) is 2.00. The Morgan fingerprint density at radius 2 is 2.11 bits per heavy atom. The van der Waals surface area contributed by atoms with Crippen LogP contribution in [0, 0.1) is 13.8 Å². The quantitative estimate of drug-likeness (QED) is 0.651. The van der Waals surface area contributed by atoms with Crippen molar-refractivity contribution in [3.05, 3.63) is 51.2 Å². The third kappa shape index (κ3) is 3.35. The number of hydrazine groups is 1. The summed E-state index contributed by atoms with van der Waals surface area (Å²) in [6.45, 7) is 4.25. The number of ether oxygens (including phenoxy) is 1. The summed E-state index contributed by atoms with van der Waals surface area (Å²) >= 11 is 1.67. The first kappa shape index (κ1) is 14.1. The Kier molecular flexibility index (Phi) is 4.58. The van der Waals surface area contributed by atoms with Crippen molar-refractivity contribution in [3.63, 3.8) is 0 Å². The zero-order valence-electron chi connectivity index (χ0n) is 11.6. The summed E-state index contributed by atoms with van der Waals surface area (Å²) in [4.78, 5) is 1.19. The maximum absolute atomic E-state index is 5.71. The second-order valence-corrected chi connectivity index (χ2v) is 5.69. The lowest BCUT2D eigenvalue weighted by atomic mass is 9.98. The van der Waals surface area contributed by atoms with Crippen molar-refractivity contribution in [2.45, 2.75) is 26.3 Å². The van der Waals surface area contributed by atoms with E-state index in [1.165, 1.54) is 21.6 Å². The molecule has 2 aromatic rings. The van der Waals surface area contributed by atoms with Crippen molar-refractivity contribution < 1.29 is 4.74 Å². The Morgan fingerprint density at radius 3 is 2.74 bits per heavy atom. The minimum atomic E-state index is 0.120. The second kappa shape index (κ2) is 6.19. The molecule has 0 aliphatic rings. The molecule has 0 aliphatic heterocycles. The van der Waals surface area contributed by atoms with E-state index in [1.807, 2.05) is 11.4 Å². The van der Waals surface area contributed by atoms with Crippen LogP contribution in [0.2, 0.25) is 0 Å². The number of methoxy groups -OCH3 is 1. The number of nitrogens with one attached hydrogen (secondary N) is 1. The largest absolute Gasteiger partial charge is 0.496 e. The van der Waals surface area contributed by atoms with E-state index in [0.29, 0.717) is 0 Å². The van der Waals surface area contributed by atoms with E-state index in [0.717, 1.165) is 12.2 Å². The first-order chi connectivity index (χ1) is 9.13. The summed E-state index contributed by atoms with van der Waals surface area (Å²) in [5.41, 5.74) is 6.81. The molecule has 102 valence electrons. The molecule has 0 bridgehead atoms. The third-order valence-electron chi connectivity index (χ3n) is 3.30. The molecule has 3 nitrogen and oxygen atoms in total. The molecule has 19 heavy (non-hydrogen) atoms. The first-order valence-electron chi connectivity index (χ1n) is 6.28. The molecule has 1 atom stereocenters. The number of benzene rings is 1.